The summed E-state index contributed by atoms with van der Waals surface area (Å²) >= 11 is 0. The van der Waals surface area contributed by atoms with Gasteiger partial charge in [0.05, 0.1) is 16.6 Å². The summed E-state index contributed by atoms with van der Waals surface area (Å²) in [6.07, 6.45) is 1.21. The van der Waals surface area contributed by atoms with E-state index < -0.39 is 9.84 Å². The maximum atomic E-state index is 11.4. The third kappa shape index (κ3) is 3.26. The minimum atomic E-state index is -3.15. The van der Waals surface area contributed by atoms with Gasteiger partial charge in [-0.3, -0.25) is 4.68 Å². The molecule has 0 spiro atoms. The van der Waals surface area contributed by atoms with Crippen molar-refractivity contribution in [3.63, 3.8) is 0 Å². The third-order valence-electron chi connectivity index (χ3n) is 3.66. The minimum Gasteiger partial charge on any atom is -0.378 e. The molecule has 1 aromatic carbocycles. The average Bonchev–Trinajstić information content (AvgIpc) is 2.62. The van der Waals surface area contributed by atoms with E-state index in [0.29, 0.717) is 4.90 Å². The second-order valence-electron chi connectivity index (χ2n) is 5.37. The molecule has 0 aliphatic carbocycles. The van der Waals surface area contributed by atoms with Gasteiger partial charge in [0.25, 0.3) is 0 Å². The molecule has 1 atom stereocenters. The summed E-state index contributed by atoms with van der Waals surface area (Å²) in [5, 5.41) is 7.80. The Labute approximate surface area is 125 Å². The number of sulfone groups is 1. The second kappa shape index (κ2) is 5.52. The van der Waals surface area contributed by atoms with E-state index in [9.17, 15) is 8.42 Å². The molecule has 5 nitrogen and oxygen atoms in total. The lowest BCUT2D eigenvalue weighted by Crippen LogP contribution is -2.09. The van der Waals surface area contributed by atoms with Crippen LogP contribution in [0.5, 0.6) is 0 Å². The van der Waals surface area contributed by atoms with Crippen molar-refractivity contribution in [2.45, 2.75) is 31.7 Å². The molecule has 2 aromatic rings. The van der Waals surface area contributed by atoms with Crippen molar-refractivity contribution in [3.05, 3.63) is 41.2 Å². The SMILES string of the molecule is Cc1nn(C)c(C)c1C(C)Nc1ccc(S(C)(=O)=O)cc1. The smallest absolute Gasteiger partial charge is 0.175 e. The van der Waals surface area contributed by atoms with E-state index in [4.69, 9.17) is 0 Å². The fourth-order valence-electron chi connectivity index (χ4n) is 2.54. The minimum absolute atomic E-state index is 0.0998. The summed E-state index contributed by atoms with van der Waals surface area (Å²) in [7, 11) is -1.22. The zero-order valence-electron chi connectivity index (χ0n) is 13.0. The number of aromatic nitrogens is 2. The van der Waals surface area contributed by atoms with Crippen LogP contribution in [0.2, 0.25) is 0 Å². The van der Waals surface area contributed by atoms with Gasteiger partial charge in [0.2, 0.25) is 0 Å². The van der Waals surface area contributed by atoms with Crippen LogP contribution in [0, 0.1) is 13.8 Å². The van der Waals surface area contributed by atoms with Crippen LogP contribution in [0.1, 0.15) is 29.9 Å². The predicted molar refractivity (Wildman–Crippen MR) is 84.3 cm³/mol. The maximum Gasteiger partial charge on any atom is 0.175 e. The Morgan fingerprint density at radius 3 is 2.19 bits per heavy atom. The van der Waals surface area contributed by atoms with Crippen molar-refractivity contribution >= 4 is 15.5 Å². The number of anilines is 1. The highest BCUT2D eigenvalue weighted by molar-refractivity contribution is 7.90. The molecule has 0 saturated heterocycles. The van der Waals surface area contributed by atoms with Gasteiger partial charge in [0, 0.05) is 30.2 Å². The third-order valence-corrected chi connectivity index (χ3v) is 4.79. The molecule has 114 valence electrons. The lowest BCUT2D eigenvalue weighted by atomic mass is 10.1. The molecule has 21 heavy (non-hydrogen) atoms. The van der Waals surface area contributed by atoms with E-state index in [-0.39, 0.29) is 6.04 Å². The molecule has 0 saturated carbocycles. The van der Waals surface area contributed by atoms with Gasteiger partial charge < -0.3 is 5.32 Å². The lowest BCUT2D eigenvalue weighted by Gasteiger charge is -2.16. The highest BCUT2D eigenvalue weighted by atomic mass is 32.2. The summed E-state index contributed by atoms with van der Waals surface area (Å²) in [5.74, 6) is 0. The molecule has 1 unspecified atom stereocenters. The van der Waals surface area contributed by atoms with Crippen molar-refractivity contribution < 1.29 is 8.42 Å². The first-order chi connectivity index (χ1) is 9.70. The van der Waals surface area contributed by atoms with Crippen LogP contribution in [0.3, 0.4) is 0 Å². The molecule has 0 aliphatic rings. The van der Waals surface area contributed by atoms with E-state index in [1.807, 2.05) is 25.6 Å². The van der Waals surface area contributed by atoms with Gasteiger partial charge >= 0.3 is 0 Å². The molecule has 0 fully saturated rings. The van der Waals surface area contributed by atoms with Gasteiger partial charge in [-0.1, -0.05) is 0 Å². The molecule has 2 rings (SSSR count). The van der Waals surface area contributed by atoms with Gasteiger partial charge in [-0.15, -0.1) is 0 Å². The van der Waals surface area contributed by atoms with Crippen LogP contribution in [0.15, 0.2) is 29.2 Å². The molecule has 0 amide bonds. The van der Waals surface area contributed by atoms with Crippen molar-refractivity contribution in [2.75, 3.05) is 11.6 Å². The predicted octanol–water partition coefficient (Wildman–Crippen LogP) is 2.61. The molecular weight excluding hydrogens is 286 g/mol. The molecule has 0 aliphatic heterocycles. The molecular formula is C15H21N3O2S. The van der Waals surface area contributed by atoms with Crippen LogP contribution in [0.25, 0.3) is 0 Å². The van der Waals surface area contributed by atoms with Crippen LogP contribution >= 0.6 is 0 Å². The first kappa shape index (κ1) is 15.6. The van der Waals surface area contributed by atoms with Gasteiger partial charge in [-0.05, 0) is 45.0 Å². The molecule has 1 heterocycles. The van der Waals surface area contributed by atoms with Crippen LogP contribution in [-0.2, 0) is 16.9 Å². The van der Waals surface area contributed by atoms with E-state index in [2.05, 4.69) is 17.3 Å². The highest BCUT2D eigenvalue weighted by Gasteiger charge is 2.16. The van der Waals surface area contributed by atoms with Crippen LogP contribution in [-0.4, -0.2) is 24.5 Å². The zero-order chi connectivity index (χ0) is 15.8. The van der Waals surface area contributed by atoms with Gasteiger partial charge in [0.15, 0.2) is 9.84 Å². The molecule has 1 aromatic heterocycles. The lowest BCUT2D eigenvalue weighted by molar-refractivity contribution is 0.602. The van der Waals surface area contributed by atoms with E-state index >= 15 is 0 Å². The largest absolute Gasteiger partial charge is 0.378 e. The fraction of sp³-hybridized carbons (Fsp3) is 0.400. The molecule has 6 heteroatoms. The summed E-state index contributed by atoms with van der Waals surface area (Å²) in [4.78, 5) is 0.328. The maximum absolute atomic E-state index is 11.4. The van der Waals surface area contributed by atoms with E-state index in [0.717, 1.165) is 17.1 Å². The number of hydrogen-bond donors (Lipinski definition) is 1. The fourth-order valence-corrected chi connectivity index (χ4v) is 3.17. The zero-order valence-corrected chi connectivity index (χ0v) is 13.8. The molecule has 1 N–H and O–H groups in total. The first-order valence-corrected chi connectivity index (χ1v) is 8.66. The summed E-state index contributed by atoms with van der Waals surface area (Å²) in [6, 6.07) is 6.91. The summed E-state index contributed by atoms with van der Waals surface area (Å²) < 4.78 is 24.8. The van der Waals surface area contributed by atoms with E-state index in [1.54, 1.807) is 24.3 Å². The van der Waals surface area contributed by atoms with Crippen molar-refractivity contribution in [1.29, 1.82) is 0 Å². The van der Waals surface area contributed by atoms with Crippen molar-refractivity contribution in [3.8, 4) is 0 Å². The van der Waals surface area contributed by atoms with Gasteiger partial charge in [-0.2, -0.15) is 5.10 Å². The number of nitrogens with zero attached hydrogens (tertiary/aromatic N) is 2. The van der Waals surface area contributed by atoms with Crippen molar-refractivity contribution in [1.82, 2.24) is 9.78 Å². The number of hydrogen-bond acceptors (Lipinski definition) is 4. The summed E-state index contributed by atoms with van der Waals surface area (Å²) in [6.45, 7) is 6.11. The standard InChI is InChI=1S/C15H21N3O2S/c1-10(15-11(2)17-18(4)12(15)3)16-13-6-8-14(9-7-13)21(5,19)20/h6-10,16H,1-5H3. The highest BCUT2D eigenvalue weighted by Crippen LogP contribution is 2.25. The van der Waals surface area contributed by atoms with E-state index in [1.165, 1.54) is 11.8 Å². The first-order valence-electron chi connectivity index (χ1n) is 6.77. The number of nitrogens with one attached hydrogen (secondary N) is 1. The Balaban J connectivity index is 2.22. The summed E-state index contributed by atoms with van der Waals surface area (Å²) in [5.41, 5.74) is 4.19. The average molecular weight is 307 g/mol. The Hall–Kier alpha value is -1.82. The topological polar surface area (TPSA) is 64.0 Å². The Morgan fingerprint density at radius 1 is 1.19 bits per heavy atom. The Bertz CT molecular complexity index is 746. The van der Waals surface area contributed by atoms with Crippen LogP contribution in [0.4, 0.5) is 5.69 Å². The number of aryl methyl sites for hydroxylation is 2. The monoisotopic (exact) mass is 307 g/mol. The van der Waals surface area contributed by atoms with Crippen LogP contribution < -0.4 is 5.32 Å². The number of rotatable bonds is 4. The Kier molecular flexibility index (Phi) is 4.09. The van der Waals surface area contributed by atoms with Gasteiger partial charge in [-0.25, -0.2) is 8.42 Å². The molecule has 0 radical (unpaired) electrons. The molecule has 0 bridgehead atoms. The second-order valence-corrected chi connectivity index (χ2v) is 7.39. The van der Waals surface area contributed by atoms with Crippen molar-refractivity contribution in [2.24, 2.45) is 7.05 Å². The number of benzene rings is 1. The Morgan fingerprint density at radius 2 is 1.76 bits per heavy atom. The quantitative estimate of drug-likeness (QED) is 0.943. The van der Waals surface area contributed by atoms with Gasteiger partial charge in [0.1, 0.15) is 0 Å². The normalized spacial score (nSPS) is 13.2.